The first-order valence-electron chi connectivity index (χ1n) is 7.99. The Morgan fingerprint density at radius 3 is 2.64 bits per heavy atom. The lowest BCUT2D eigenvalue weighted by atomic mass is 10.1. The lowest BCUT2D eigenvalue weighted by molar-refractivity contribution is -0.122. The van der Waals surface area contributed by atoms with E-state index in [9.17, 15) is 9.59 Å². The van der Waals surface area contributed by atoms with Crippen LogP contribution in [0.3, 0.4) is 0 Å². The summed E-state index contributed by atoms with van der Waals surface area (Å²) in [6.07, 6.45) is 0.177. The van der Waals surface area contributed by atoms with Gasteiger partial charge in [-0.05, 0) is 48.9 Å². The second kappa shape index (κ2) is 7.15. The molecule has 1 saturated heterocycles. The van der Waals surface area contributed by atoms with Gasteiger partial charge in [-0.15, -0.1) is 0 Å². The van der Waals surface area contributed by atoms with Crippen LogP contribution in [0.2, 0.25) is 5.02 Å². The molecular weight excluding hydrogens is 340 g/mol. The number of hydrogen-bond donors (Lipinski definition) is 1. The summed E-state index contributed by atoms with van der Waals surface area (Å²) in [6, 6.07) is 12.5. The van der Waals surface area contributed by atoms with Crippen LogP contribution < -0.4 is 15.0 Å². The van der Waals surface area contributed by atoms with Gasteiger partial charge in [0.2, 0.25) is 11.8 Å². The number of amides is 2. The third-order valence-electron chi connectivity index (χ3n) is 4.23. The van der Waals surface area contributed by atoms with Crippen LogP contribution >= 0.6 is 11.6 Å². The zero-order valence-electron chi connectivity index (χ0n) is 14.1. The first-order chi connectivity index (χ1) is 12.0. The molecule has 0 aliphatic carbocycles. The third kappa shape index (κ3) is 3.77. The smallest absolute Gasteiger partial charge is 0.229 e. The number of methoxy groups -OCH3 is 1. The highest BCUT2D eigenvalue weighted by Gasteiger charge is 2.36. The minimum atomic E-state index is -0.409. The molecule has 0 aromatic heterocycles. The van der Waals surface area contributed by atoms with E-state index in [0.29, 0.717) is 28.7 Å². The molecule has 2 amide bonds. The van der Waals surface area contributed by atoms with E-state index in [-0.39, 0.29) is 18.2 Å². The van der Waals surface area contributed by atoms with Crippen molar-refractivity contribution in [2.24, 2.45) is 5.92 Å². The van der Waals surface area contributed by atoms with Gasteiger partial charge in [0, 0.05) is 23.7 Å². The van der Waals surface area contributed by atoms with E-state index < -0.39 is 5.92 Å². The zero-order valence-corrected chi connectivity index (χ0v) is 14.8. The number of carbonyl (C=O) groups is 2. The van der Waals surface area contributed by atoms with Crippen molar-refractivity contribution in [1.29, 1.82) is 0 Å². The number of carbonyl (C=O) groups excluding carboxylic acids is 2. The van der Waals surface area contributed by atoms with E-state index in [4.69, 9.17) is 16.3 Å². The van der Waals surface area contributed by atoms with Gasteiger partial charge in [-0.1, -0.05) is 17.7 Å². The Balaban J connectivity index is 1.75. The van der Waals surface area contributed by atoms with Gasteiger partial charge in [0.1, 0.15) is 5.75 Å². The quantitative estimate of drug-likeness (QED) is 0.907. The monoisotopic (exact) mass is 358 g/mol. The molecule has 2 aromatic rings. The topological polar surface area (TPSA) is 58.6 Å². The van der Waals surface area contributed by atoms with E-state index >= 15 is 0 Å². The molecule has 0 saturated carbocycles. The fourth-order valence-electron chi connectivity index (χ4n) is 2.90. The van der Waals surface area contributed by atoms with Crippen molar-refractivity contribution in [2.45, 2.75) is 13.3 Å². The Morgan fingerprint density at radius 1 is 1.24 bits per heavy atom. The lowest BCUT2D eigenvalue weighted by Gasteiger charge is -2.20. The number of hydrogen-bond acceptors (Lipinski definition) is 3. The van der Waals surface area contributed by atoms with Crippen LogP contribution in [0.15, 0.2) is 42.5 Å². The van der Waals surface area contributed by atoms with Gasteiger partial charge >= 0.3 is 0 Å². The number of nitrogens with one attached hydrogen (secondary N) is 1. The summed E-state index contributed by atoms with van der Waals surface area (Å²) >= 11 is 5.85. The highest BCUT2D eigenvalue weighted by atomic mass is 35.5. The summed E-state index contributed by atoms with van der Waals surface area (Å²) in [5, 5.41) is 3.44. The third-order valence-corrected chi connectivity index (χ3v) is 4.48. The summed E-state index contributed by atoms with van der Waals surface area (Å²) in [6.45, 7) is 2.28. The maximum Gasteiger partial charge on any atom is 0.229 e. The number of halogens is 1. The molecule has 0 spiro atoms. The summed E-state index contributed by atoms with van der Waals surface area (Å²) in [5.74, 6) is -0.0453. The number of benzene rings is 2. The van der Waals surface area contributed by atoms with Crippen molar-refractivity contribution in [1.82, 2.24) is 0 Å². The molecule has 1 N–H and O–H groups in total. The highest BCUT2D eigenvalue weighted by Crippen LogP contribution is 2.34. The second-order valence-electron chi connectivity index (χ2n) is 6.08. The fraction of sp³-hybridized carbons (Fsp3) is 0.263. The van der Waals surface area contributed by atoms with E-state index in [0.717, 1.165) is 5.56 Å². The standard InChI is InChI=1S/C19H19ClN2O3/c1-12-3-8-17(25-2)16(9-12)22-11-13(10-18(22)23)19(24)21-15-6-4-14(20)5-7-15/h3-9,13H,10-11H2,1-2H3,(H,21,24). The molecule has 0 bridgehead atoms. The first kappa shape index (κ1) is 17.3. The van der Waals surface area contributed by atoms with Crippen LogP contribution in [0.4, 0.5) is 11.4 Å². The van der Waals surface area contributed by atoms with Crippen molar-refractivity contribution >= 4 is 34.8 Å². The van der Waals surface area contributed by atoms with Gasteiger partial charge in [0.25, 0.3) is 0 Å². The Hall–Kier alpha value is -2.53. The van der Waals surface area contributed by atoms with E-state index in [1.165, 1.54) is 0 Å². The number of nitrogens with zero attached hydrogens (tertiary/aromatic N) is 1. The molecule has 2 aromatic carbocycles. The number of anilines is 2. The fourth-order valence-corrected chi connectivity index (χ4v) is 3.03. The van der Waals surface area contributed by atoms with Gasteiger partial charge in [-0.3, -0.25) is 9.59 Å². The molecule has 130 valence electrons. The molecular formula is C19H19ClN2O3. The average molecular weight is 359 g/mol. The summed E-state index contributed by atoms with van der Waals surface area (Å²) < 4.78 is 5.36. The van der Waals surface area contributed by atoms with E-state index in [1.54, 1.807) is 36.3 Å². The van der Waals surface area contributed by atoms with Gasteiger partial charge in [0.15, 0.2) is 0 Å². The maximum atomic E-state index is 12.5. The van der Waals surface area contributed by atoms with Crippen molar-refractivity contribution in [3.63, 3.8) is 0 Å². The van der Waals surface area contributed by atoms with Crippen LogP contribution in [0.1, 0.15) is 12.0 Å². The highest BCUT2D eigenvalue weighted by molar-refractivity contribution is 6.30. The van der Waals surface area contributed by atoms with E-state index in [2.05, 4.69) is 5.32 Å². The molecule has 5 nitrogen and oxygen atoms in total. The molecule has 1 atom stereocenters. The van der Waals surface area contributed by atoms with Crippen molar-refractivity contribution < 1.29 is 14.3 Å². The summed E-state index contributed by atoms with van der Waals surface area (Å²) in [4.78, 5) is 26.6. The van der Waals surface area contributed by atoms with Crippen LogP contribution in [-0.4, -0.2) is 25.5 Å². The minimum Gasteiger partial charge on any atom is -0.495 e. The average Bonchev–Trinajstić information content (AvgIpc) is 2.98. The maximum absolute atomic E-state index is 12.5. The van der Waals surface area contributed by atoms with Crippen LogP contribution in [0.5, 0.6) is 5.75 Å². The molecule has 6 heteroatoms. The minimum absolute atomic E-state index is 0.0832. The summed E-state index contributed by atoms with van der Waals surface area (Å²) in [7, 11) is 1.57. The number of rotatable bonds is 4. The van der Waals surface area contributed by atoms with Gasteiger partial charge in [0.05, 0.1) is 18.7 Å². The predicted octanol–water partition coefficient (Wildman–Crippen LogP) is 3.65. The Kier molecular flexibility index (Phi) is 4.95. The Labute approximate surface area is 151 Å². The molecule has 3 rings (SSSR count). The van der Waals surface area contributed by atoms with E-state index in [1.807, 2.05) is 25.1 Å². The normalized spacial score (nSPS) is 16.8. The molecule has 1 heterocycles. The van der Waals surface area contributed by atoms with Crippen LogP contribution in [0, 0.1) is 12.8 Å². The SMILES string of the molecule is COc1ccc(C)cc1N1CC(C(=O)Nc2ccc(Cl)cc2)CC1=O. The Morgan fingerprint density at radius 2 is 1.96 bits per heavy atom. The molecule has 1 fully saturated rings. The van der Waals surface area contributed by atoms with Crippen molar-refractivity contribution in [2.75, 3.05) is 23.9 Å². The lowest BCUT2D eigenvalue weighted by Crippen LogP contribution is -2.28. The van der Waals surface area contributed by atoms with Crippen LogP contribution in [0.25, 0.3) is 0 Å². The predicted molar refractivity (Wildman–Crippen MR) is 98.3 cm³/mol. The van der Waals surface area contributed by atoms with Gasteiger partial charge < -0.3 is 15.0 Å². The molecule has 1 unspecified atom stereocenters. The van der Waals surface area contributed by atoms with Crippen LogP contribution in [-0.2, 0) is 9.59 Å². The molecule has 0 radical (unpaired) electrons. The zero-order chi connectivity index (χ0) is 18.0. The largest absolute Gasteiger partial charge is 0.495 e. The molecule has 1 aliphatic heterocycles. The first-order valence-corrected chi connectivity index (χ1v) is 8.37. The summed E-state index contributed by atoms with van der Waals surface area (Å²) in [5.41, 5.74) is 2.39. The van der Waals surface area contributed by atoms with Crippen molar-refractivity contribution in [3.05, 3.63) is 53.1 Å². The second-order valence-corrected chi connectivity index (χ2v) is 6.51. The van der Waals surface area contributed by atoms with Crippen molar-refractivity contribution in [3.8, 4) is 5.75 Å². The van der Waals surface area contributed by atoms with Gasteiger partial charge in [-0.25, -0.2) is 0 Å². The number of ether oxygens (including phenoxy) is 1. The number of aryl methyl sites for hydroxylation is 1. The molecule has 25 heavy (non-hydrogen) atoms. The molecule has 1 aliphatic rings. The Bertz CT molecular complexity index is 805. The van der Waals surface area contributed by atoms with Gasteiger partial charge in [-0.2, -0.15) is 0 Å².